The second-order valence-corrected chi connectivity index (χ2v) is 9.84. The number of benzene rings is 2. The van der Waals surface area contributed by atoms with Crippen LogP contribution >= 0.6 is 0 Å². The second kappa shape index (κ2) is 9.25. The van der Waals surface area contributed by atoms with Gasteiger partial charge in [0.2, 0.25) is 0 Å². The van der Waals surface area contributed by atoms with Gasteiger partial charge in [0.05, 0.1) is 0 Å². The van der Waals surface area contributed by atoms with E-state index in [4.69, 9.17) is 0 Å². The van der Waals surface area contributed by atoms with Crippen LogP contribution in [0, 0.1) is 6.07 Å². The van der Waals surface area contributed by atoms with Crippen molar-refractivity contribution in [2.45, 2.75) is 64.7 Å². The van der Waals surface area contributed by atoms with Crippen LogP contribution in [0.15, 0.2) is 48.6 Å². The van der Waals surface area contributed by atoms with Crippen LogP contribution in [0.5, 0.6) is 0 Å². The van der Waals surface area contributed by atoms with Crippen molar-refractivity contribution in [3.8, 4) is 11.1 Å². The van der Waals surface area contributed by atoms with Gasteiger partial charge < -0.3 is 24.8 Å². The van der Waals surface area contributed by atoms with Gasteiger partial charge in [-0.1, -0.05) is 89.6 Å². The summed E-state index contributed by atoms with van der Waals surface area (Å²) in [6.07, 6.45) is 9.92. The van der Waals surface area contributed by atoms with Crippen LogP contribution < -0.4 is 24.8 Å². The maximum Gasteiger partial charge on any atom is 3.00 e. The van der Waals surface area contributed by atoms with Crippen LogP contribution in [0.25, 0.3) is 11.1 Å². The number of hydrogen-bond donors (Lipinski definition) is 0. The van der Waals surface area contributed by atoms with E-state index in [0.29, 0.717) is 5.92 Å². The normalized spacial score (nSPS) is 14.6. The minimum absolute atomic E-state index is 0. The molecule has 151 valence electrons. The van der Waals surface area contributed by atoms with Crippen molar-refractivity contribution in [2.24, 2.45) is 0 Å². The molecule has 0 aromatic heterocycles. The molecule has 0 aliphatic heterocycles. The molecular formula is C26H29Cl2Zr. The van der Waals surface area contributed by atoms with E-state index in [2.05, 4.69) is 96.2 Å². The molecule has 2 aliphatic carbocycles. The van der Waals surface area contributed by atoms with E-state index in [-0.39, 0.29) is 61.8 Å². The number of hydrogen-bond acceptors (Lipinski definition) is 0. The zero-order valence-electron chi connectivity index (χ0n) is 18.2. The van der Waals surface area contributed by atoms with E-state index < -0.39 is 0 Å². The van der Waals surface area contributed by atoms with Crippen LogP contribution in [0.1, 0.15) is 75.3 Å². The minimum atomic E-state index is 0. The summed E-state index contributed by atoms with van der Waals surface area (Å²) >= 11 is 0. The van der Waals surface area contributed by atoms with E-state index >= 15 is 0 Å². The summed E-state index contributed by atoms with van der Waals surface area (Å²) in [6, 6.07) is 13.3. The van der Waals surface area contributed by atoms with Crippen molar-refractivity contribution in [1.82, 2.24) is 0 Å². The van der Waals surface area contributed by atoms with Gasteiger partial charge in [-0.3, -0.25) is 0 Å². The summed E-state index contributed by atoms with van der Waals surface area (Å²) in [6.45, 7) is 13.8. The summed E-state index contributed by atoms with van der Waals surface area (Å²) in [5.41, 5.74) is 10.1. The van der Waals surface area contributed by atoms with Crippen molar-refractivity contribution >= 4 is 0 Å². The average Bonchev–Trinajstić information content (AvgIpc) is 3.18. The first kappa shape index (κ1) is 26.4. The molecule has 0 nitrogen and oxygen atoms in total. The molecule has 0 saturated carbocycles. The maximum atomic E-state index is 3.85. The maximum absolute atomic E-state index is 3.85. The first-order chi connectivity index (χ1) is 12.1. The standard InChI is InChI=1S/C26H29.2ClH.Zr/c1-25(2,3)20-11-12-21-18(14-20)13-19-15-24(26(4,5)6)23(16-22(19)21)17-9-7-8-10-17;;;/h7-12,14,16-17H,13H2,1-6H3;2*1H;/q-1;;;+3/p-2. The van der Waals surface area contributed by atoms with Gasteiger partial charge in [0.15, 0.2) is 0 Å². The molecule has 3 heteroatoms. The van der Waals surface area contributed by atoms with E-state index in [1.807, 2.05) is 0 Å². The van der Waals surface area contributed by atoms with Crippen LogP contribution in [0.2, 0.25) is 0 Å². The molecule has 2 aromatic carbocycles. The van der Waals surface area contributed by atoms with Crippen LogP contribution in [-0.4, -0.2) is 0 Å². The third kappa shape index (κ3) is 5.00. The van der Waals surface area contributed by atoms with Crippen molar-refractivity contribution in [3.63, 3.8) is 0 Å². The Hall–Kier alpha value is -0.617. The summed E-state index contributed by atoms with van der Waals surface area (Å²) < 4.78 is 0. The molecule has 0 heterocycles. The van der Waals surface area contributed by atoms with E-state index in [1.54, 1.807) is 0 Å². The molecule has 4 rings (SSSR count). The molecule has 0 N–H and O–H groups in total. The zero-order valence-corrected chi connectivity index (χ0v) is 22.1. The number of allylic oxidation sites excluding steroid dienone is 4. The van der Waals surface area contributed by atoms with Crippen molar-refractivity contribution < 1.29 is 51.0 Å². The fraction of sp³-hybridized carbons (Fsp3) is 0.385. The molecule has 0 atom stereocenters. The number of rotatable bonds is 1. The molecule has 2 aliphatic rings. The van der Waals surface area contributed by atoms with Gasteiger partial charge in [0.25, 0.3) is 0 Å². The predicted octanol–water partition coefficient (Wildman–Crippen LogP) is 0.868. The molecule has 29 heavy (non-hydrogen) atoms. The first-order valence-electron chi connectivity index (χ1n) is 9.73. The Kier molecular flexibility index (Phi) is 8.43. The van der Waals surface area contributed by atoms with Crippen LogP contribution in [0.3, 0.4) is 0 Å². The van der Waals surface area contributed by atoms with Gasteiger partial charge in [-0.2, -0.15) is 17.7 Å². The van der Waals surface area contributed by atoms with E-state index in [0.717, 1.165) is 6.42 Å². The number of fused-ring (bicyclic) bond motifs is 3. The van der Waals surface area contributed by atoms with Crippen molar-refractivity contribution in [1.29, 1.82) is 0 Å². The summed E-state index contributed by atoms with van der Waals surface area (Å²) in [7, 11) is 0. The van der Waals surface area contributed by atoms with Crippen LogP contribution in [-0.2, 0) is 43.5 Å². The van der Waals surface area contributed by atoms with Gasteiger partial charge in [0, 0.05) is 0 Å². The summed E-state index contributed by atoms with van der Waals surface area (Å²) in [5.74, 6) is 0.378. The molecule has 0 unspecified atom stereocenters. The average molecular weight is 504 g/mol. The third-order valence-corrected chi connectivity index (χ3v) is 5.68. The smallest absolute Gasteiger partial charge is 1.00 e. The first-order valence-corrected chi connectivity index (χ1v) is 9.73. The SMILES string of the molecule is CC(C)(C)c1ccc2c(c1)Cc1[c-]c(C(C)(C)C)c(C3C=CC=C3)cc1-2.[Cl-].[Cl-].[Zr+3]. The molecule has 0 bridgehead atoms. The molecule has 0 saturated heterocycles. The molecule has 2 aromatic rings. The van der Waals surface area contributed by atoms with E-state index in [9.17, 15) is 0 Å². The largest absolute Gasteiger partial charge is 3.00 e. The van der Waals surface area contributed by atoms with Gasteiger partial charge in [0.1, 0.15) is 0 Å². The molecule has 0 amide bonds. The Bertz CT molecular complexity index is 928. The fourth-order valence-electron chi connectivity index (χ4n) is 4.17. The van der Waals surface area contributed by atoms with Gasteiger partial charge in [-0.15, -0.1) is 16.7 Å². The van der Waals surface area contributed by atoms with Crippen molar-refractivity contribution in [2.75, 3.05) is 0 Å². The Labute approximate surface area is 208 Å². The van der Waals surface area contributed by atoms with Gasteiger partial charge in [-0.25, -0.2) is 0 Å². The van der Waals surface area contributed by atoms with Gasteiger partial charge in [-0.05, 0) is 34.3 Å². The molecule has 0 fully saturated rings. The molecule has 1 radical (unpaired) electrons. The quantitative estimate of drug-likeness (QED) is 0.433. The Balaban J connectivity index is 0.00000140. The number of halogens is 2. The second-order valence-electron chi connectivity index (χ2n) is 9.84. The fourth-order valence-corrected chi connectivity index (χ4v) is 4.17. The van der Waals surface area contributed by atoms with Gasteiger partial charge >= 0.3 is 26.2 Å². The summed E-state index contributed by atoms with van der Waals surface area (Å²) in [5, 5.41) is 0. The zero-order chi connectivity index (χ0) is 18.7. The monoisotopic (exact) mass is 501 g/mol. The Morgan fingerprint density at radius 2 is 1.45 bits per heavy atom. The Morgan fingerprint density at radius 1 is 0.828 bits per heavy atom. The topological polar surface area (TPSA) is 0 Å². The summed E-state index contributed by atoms with van der Waals surface area (Å²) in [4.78, 5) is 0. The molecule has 0 spiro atoms. The van der Waals surface area contributed by atoms with Crippen molar-refractivity contribution in [3.05, 3.63) is 82.5 Å². The Morgan fingerprint density at radius 3 is 2.00 bits per heavy atom. The van der Waals surface area contributed by atoms with E-state index in [1.165, 1.54) is 38.9 Å². The third-order valence-electron chi connectivity index (χ3n) is 5.68. The predicted molar refractivity (Wildman–Crippen MR) is 112 cm³/mol. The molecular weight excluding hydrogens is 474 g/mol. The minimum Gasteiger partial charge on any atom is -1.00 e. The van der Waals surface area contributed by atoms with Crippen LogP contribution in [0.4, 0.5) is 0 Å².